The number of rotatable bonds is 6. The van der Waals surface area contributed by atoms with Gasteiger partial charge in [0, 0.05) is 34.1 Å². The number of methoxy groups -OCH3 is 1. The molecule has 0 bridgehead atoms. The number of pyridine rings is 2. The number of nitrogens with two attached hydrogens (primary N) is 1. The molecule has 3 N–H and O–H groups in total. The summed E-state index contributed by atoms with van der Waals surface area (Å²) in [4.78, 5) is 13.9. The van der Waals surface area contributed by atoms with E-state index in [0.717, 1.165) is 45.0 Å². The minimum absolute atomic E-state index is 0.215. The maximum absolute atomic E-state index is 7.38. The van der Waals surface area contributed by atoms with E-state index in [4.69, 9.17) is 25.6 Å². The number of nitrogens with one attached hydrogen (secondary N) is 1. The van der Waals surface area contributed by atoms with Gasteiger partial charge in [0.15, 0.2) is 0 Å². The summed E-state index contributed by atoms with van der Waals surface area (Å²) in [6, 6.07) is 12.3. The number of morpholine rings is 1. The number of hydrogen-bond acceptors (Lipinski definition) is 8. The minimum atomic E-state index is 0.215. The predicted octanol–water partition coefficient (Wildman–Crippen LogP) is 3.96. The first-order valence-corrected chi connectivity index (χ1v) is 10.8. The van der Waals surface area contributed by atoms with E-state index in [1.54, 1.807) is 25.1 Å². The van der Waals surface area contributed by atoms with Gasteiger partial charge in [0.25, 0.3) is 0 Å². The maximum Gasteiger partial charge on any atom is 0.130 e. The Morgan fingerprint density at radius 2 is 2.13 bits per heavy atom. The van der Waals surface area contributed by atoms with Crippen LogP contribution in [-0.4, -0.2) is 49.1 Å². The highest BCUT2D eigenvalue weighted by atomic mass is 32.2. The van der Waals surface area contributed by atoms with Gasteiger partial charge in [-0.3, -0.25) is 4.98 Å². The average Bonchev–Trinajstić information content (AvgIpc) is 2.79. The SMILES string of the molecule is COc1ccc(Sc2cc(N3CCOCC3C)nc3c(/C(N)=C/C=N)nccc23)cc1. The van der Waals surface area contributed by atoms with Crippen molar-refractivity contribution in [3.63, 3.8) is 0 Å². The first-order chi connectivity index (χ1) is 15.1. The van der Waals surface area contributed by atoms with Crippen LogP contribution in [0.5, 0.6) is 5.75 Å². The van der Waals surface area contributed by atoms with Gasteiger partial charge >= 0.3 is 0 Å². The van der Waals surface area contributed by atoms with E-state index in [2.05, 4.69) is 22.9 Å². The predicted molar refractivity (Wildman–Crippen MR) is 125 cm³/mol. The van der Waals surface area contributed by atoms with E-state index in [9.17, 15) is 0 Å². The standard InChI is InChI=1S/C23H25N5O2S/c1-15-14-30-12-11-28(15)21-13-20(31-17-5-3-16(29-2)4-6-17)18-8-10-26-23(22(18)27-21)19(25)7-9-24/h3-10,13,15,24H,11-12,14,25H2,1-2H3/b19-7-,24-9?. The molecule has 3 aromatic rings. The zero-order valence-corrected chi connectivity index (χ0v) is 18.4. The molecule has 31 heavy (non-hydrogen) atoms. The molecule has 1 aliphatic rings. The van der Waals surface area contributed by atoms with E-state index >= 15 is 0 Å². The molecule has 0 amide bonds. The fourth-order valence-electron chi connectivity index (χ4n) is 3.56. The lowest BCUT2D eigenvalue weighted by Crippen LogP contribution is -2.44. The van der Waals surface area contributed by atoms with Gasteiger partial charge in [-0.2, -0.15) is 0 Å². The molecule has 1 saturated heterocycles. The fourth-order valence-corrected chi connectivity index (χ4v) is 4.52. The number of aromatic nitrogens is 2. The normalized spacial score (nSPS) is 17.0. The largest absolute Gasteiger partial charge is 0.497 e. The van der Waals surface area contributed by atoms with Crippen LogP contribution in [0.25, 0.3) is 16.6 Å². The van der Waals surface area contributed by atoms with Gasteiger partial charge in [-0.15, -0.1) is 0 Å². The molecule has 8 heteroatoms. The smallest absolute Gasteiger partial charge is 0.130 e. The first kappa shape index (κ1) is 21.1. The number of ether oxygens (including phenoxy) is 2. The molecule has 0 saturated carbocycles. The Hall–Kier alpha value is -3.10. The third kappa shape index (κ3) is 4.50. The van der Waals surface area contributed by atoms with Gasteiger partial charge in [0.2, 0.25) is 0 Å². The van der Waals surface area contributed by atoms with Crippen molar-refractivity contribution in [2.45, 2.75) is 22.8 Å². The van der Waals surface area contributed by atoms with Crippen LogP contribution in [0.15, 0.2) is 58.5 Å². The first-order valence-electron chi connectivity index (χ1n) is 10.0. The van der Waals surface area contributed by atoms with E-state index in [-0.39, 0.29) is 6.04 Å². The molecule has 1 atom stereocenters. The Bertz CT molecular complexity index is 1120. The highest BCUT2D eigenvalue weighted by Gasteiger charge is 2.23. The van der Waals surface area contributed by atoms with Gasteiger partial charge < -0.3 is 25.5 Å². The lowest BCUT2D eigenvalue weighted by atomic mass is 10.1. The quantitative estimate of drug-likeness (QED) is 0.566. The van der Waals surface area contributed by atoms with Gasteiger partial charge in [0.05, 0.1) is 32.1 Å². The third-order valence-electron chi connectivity index (χ3n) is 5.16. The van der Waals surface area contributed by atoms with Gasteiger partial charge in [-0.05, 0) is 49.4 Å². The topological polar surface area (TPSA) is 97.4 Å². The van der Waals surface area contributed by atoms with E-state index in [0.29, 0.717) is 24.6 Å². The molecule has 0 aliphatic carbocycles. The fraction of sp³-hybridized carbons (Fsp3) is 0.261. The van der Waals surface area contributed by atoms with Crippen molar-refractivity contribution >= 4 is 40.4 Å². The molecule has 1 aromatic carbocycles. The molecular formula is C23H25N5O2S. The van der Waals surface area contributed by atoms with Crippen LogP contribution < -0.4 is 15.4 Å². The molecular weight excluding hydrogens is 410 g/mol. The van der Waals surface area contributed by atoms with Crippen molar-refractivity contribution in [2.24, 2.45) is 5.73 Å². The van der Waals surface area contributed by atoms with Crippen LogP contribution in [0.3, 0.4) is 0 Å². The Labute approximate surface area is 185 Å². The van der Waals surface area contributed by atoms with Crippen LogP contribution in [0.1, 0.15) is 12.6 Å². The van der Waals surface area contributed by atoms with Crippen molar-refractivity contribution in [1.82, 2.24) is 9.97 Å². The maximum atomic E-state index is 7.38. The van der Waals surface area contributed by atoms with Crippen molar-refractivity contribution < 1.29 is 9.47 Å². The second kappa shape index (κ2) is 9.36. The number of allylic oxidation sites excluding steroid dienone is 1. The lowest BCUT2D eigenvalue weighted by Gasteiger charge is -2.34. The summed E-state index contributed by atoms with van der Waals surface area (Å²) < 4.78 is 10.9. The third-order valence-corrected chi connectivity index (χ3v) is 6.23. The van der Waals surface area contributed by atoms with Crippen LogP contribution in [0.4, 0.5) is 5.82 Å². The molecule has 1 unspecified atom stereocenters. The Morgan fingerprint density at radius 3 is 2.84 bits per heavy atom. The summed E-state index contributed by atoms with van der Waals surface area (Å²) in [6.07, 6.45) is 4.43. The Balaban J connectivity index is 1.86. The highest BCUT2D eigenvalue weighted by molar-refractivity contribution is 7.99. The van der Waals surface area contributed by atoms with Gasteiger partial charge in [0.1, 0.15) is 22.8 Å². The molecule has 0 radical (unpaired) electrons. The number of benzene rings is 1. The zero-order valence-electron chi connectivity index (χ0n) is 17.5. The second-order valence-electron chi connectivity index (χ2n) is 7.22. The van der Waals surface area contributed by atoms with Gasteiger partial charge in [-0.1, -0.05) is 11.8 Å². The van der Waals surface area contributed by atoms with Crippen molar-refractivity contribution in [1.29, 1.82) is 5.41 Å². The molecule has 7 nitrogen and oxygen atoms in total. The molecule has 2 aromatic heterocycles. The van der Waals surface area contributed by atoms with Crippen LogP contribution in [0, 0.1) is 5.41 Å². The Kier molecular flexibility index (Phi) is 6.39. The molecule has 4 rings (SSSR count). The van der Waals surface area contributed by atoms with E-state index < -0.39 is 0 Å². The molecule has 1 fully saturated rings. The molecule has 3 heterocycles. The van der Waals surface area contributed by atoms with E-state index in [1.807, 2.05) is 30.3 Å². The summed E-state index contributed by atoms with van der Waals surface area (Å²) in [5.41, 5.74) is 7.94. The number of anilines is 1. The molecule has 1 aliphatic heterocycles. The minimum Gasteiger partial charge on any atom is -0.497 e. The average molecular weight is 436 g/mol. The van der Waals surface area contributed by atoms with E-state index in [1.165, 1.54) is 6.08 Å². The summed E-state index contributed by atoms with van der Waals surface area (Å²) in [5.74, 6) is 1.69. The van der Waals surface area contributed by atoms with Crippen molar-refractivity contribution in [3.05, 3.63) is 54.4 Å². The zero-order chi connectivity index (χ0) is 21.8. The Morgan fingerprint density at radius 1 is 1.32 bits per heavy atom. The number of hydrogen-bond donors (Lipinski definition) is 2. The van der Waals surface area contributed by atoms with Gasteiger partial charge in [-0.25, -0.2) is 4.98 Å². The summed E-state index contributed by atoms with van der Waals surface area (Å²) in [5, 5.41) is 8.35. The second-order valence-corrected chi connectivity index (χ2v) is 8.33. The monoisotopic (exact) mass is 435 g/mol. The molecule has 160 valence electrons. The highest BCUT2D eigenvalue weighted by Crippen LogP contribution is 2.37. The van der Waals surface area contributed by atoms with Crippen LogP contribution in [-0.2, 0) is 4.74 Å². The van der Waals surface area contributed by atoms with Crippen LogP contribution >= 0.6 is 11.8 Å². The number of nitrogens with zero attached hydrogens (tertiary/aromatic N) is 3. The molecule has 0 spiro atoms. The summed E-state index contributed by atoms with van der Waals surface area (Å²) in [7, 11) is 1.66. The van der Waals surface area contributed by atoms with Crippen molar-refractivity contribution in [2.75, 3.05) is 31.8 Å². The van der Waals surface area contributed by atoms with Crippen molar-refractivity contribution in [3.8, 4) is 5.75 Å². The lowest BCUT2D eigenvalue weighted by molar-refractivity contribution is 0.0985. The summed E-state index contributed by atoms with van der Waals surface area (Å²) >= 11 is 1.66. The van der Waals surface area contributed by atoms with Crippen LogP contribution in [0.2, 0.25) is 0 Å². The number of fused-ring (bicyclic) bond motifs is 1. The summed E-state index contributed by atoms with van der Waals surface area (Å²) in [6.45, 7) is 4.24.